The van der Waals surface area contributed by atoms with Crippen LogP contribution in [0.3, 0.4) is 0 Å². The minimum absolute atomic E-state index is 0.141. The van der Waals surface area contributed by atoms with Crippen molar-refractivity contribution in [1.29, 1.82) is 0 Å². The van der Waals surface area contributed by atoms with E-state index in [0.717, 1.165) is 0 Å². The van der Waals surface area contributed by atoms with Crippen molar-refractivity contribution >= 4 is 38.5 Å². The van der Waals surface area contributed by atoms with Crippen LogP contribution in [-0.2, 0) is 0 Å². The van der Waals surface area contributed by atoms with Gasteiger partial charge in [0.25, 0.3) is 5.91 Å². The summed E-state index contributed by atoms with van der Waals surface area (Å²) < 4.78 is 30.7. The molecule has 0 atom stereocenters. The van der Waals surface area contributed by atoms with Crippen molar-refractivity contribution in [3.63, 3.8) is 0 Å². The molecule has 1 amide bonds. The lowest BCUT2D eigenvalue weighted by molar-refractivity contribution is 0.0997. The fraction of sp³-hybridized carbons (Fsp3) is 0.167. The number of carbonyl (C=O) groups excluding carboxylic acids is 1. The second-order valence-electron chi connectivity index (χ2n) is 5.63. The van der Waals surface area contributed by atoms with E-state index in [0.29, 0.717) is 51.4 Å². The van der Waals surface area contributed by atoms with E-state index in [9.17, 15) is 9.18 Å². The number of rotatable bonds is 2. The van der Waals surface area contributed by atoms with Crippen molar-refractivity contribution in [1.82, 2.24) is 0 Å². The Labute approximate surface area is 150 Å². The molecule has 1 aromatic heterocycles. The van der Waals surface area contributed by atoms with Gasteiger partial charge in [-0.2, -0.15) is 0 Å². The fourth-order valence-corrected chi connectivity index (χ4v) is 3.17. The quantitative estimate of drug-likeness (QED) is 0.672. The Morgan fingerprint density at radius 3 is 2.64 bits per heavy atom. The highest BCUT2D eigenvalue weighted by atomic mass is 79.9. The molecule has 128 valence electrons. The number of amides is 1. The minimum Gasteiger partial charge on any atom is -0.486 e. The van der Waals surface area contributed by atoms with Crippen LogP contribution in [0.1, 0.15) is 16.1 Å². The maximum Gasteiger partial charge on any atom is 0.291 e. The number of benzene rings is 2. The van der Waals surface area contributed by atoms with Gasteiger partial charge in [0.1, 0.15) is 24.6 Å². The Balaban J connectivity index is 1.67. The second-order valence-corrected chi connectivity index (χ2v) is 6.48. The summed E-state index contributed by atoms with van der Waals surface area (Å²) in [5.74, 6) is 0.520. The molecular formula is C18H13BrFNO4. The highest BCUT2D eigenvalue weighted by Crippen LogP contribution is 2.38. The average molecular weight is 406 g/mol. The SMILES string of the molecule is Cc1c(C(=O)Nc2cc3c(cc2Br)OCCO3)oc2ccc(F)cc12. The van der Waals surface area contributed by atoms with Gasteiger partial charge in [0.05, 0.1) is 5.69 Å². The molecule has 25 heavy (non-hydrogen) atoms. The largest absolute Gasteiger partial charge is 0.486 e. The third-order valence-corrected chi connectivity index (χ3v) is 4.64. The van der Waals surface area contributed by atoms with Crippen molar-refractivity contribution < 1.29 is 23.1 Å². The van der Waals surface area contributed by atoms with Gasteiger partial charge in [-0.3, -0.25) is 4.79 Å². The van der Waals surface area contributed by atoms with Crippen molar-refractivity contribution in [2.75, 3.05) is 18.5 Å². The molecule has 3 aromatic rings. The minimum atomic E-state index is -0.425. The summed E-state index contributed by atoms with van der Waals surface area (Å²) in [6.45, 7) is 2.66. The number of anilines is 1. The first-order chi connectivity index (χ1) is 12.0. The highest BCUT2D eigenvalue weighted by molar-refractivity contribution is 9.10. The van der Waals surface area contributed by atoms with E-state index >= 15 is 0 Å². The molecule has 2 aromatic carbocycles. The van der Waals surface area contributed by atoms with Gasteiger partial charge < -0.3 is 19.2 Å². The topological polar surface area (TPSA) is 60.7 Å². The van der Waals surface area contributed by atoms with Crippen LogP contribution in [0.4, 0.5) is 10.1 Å². The van der Waals surface area contributed by atoms with Crippen LogP contribution in [0, 0.1) is 12.7 Å². The van der Waals surface area contributed by atoms with Crippen LogP contribution in [-0.4, -0.2) is 19.1 Å². The predicted octanol–water partition coefficient (Wildman–Crippen LogP) is 4.67. The first-order valence-corrected chi connectivity index (χ1v) is 8.41. The zero-order valence-corrected chi connectivity index (χ0v) is 14.8. The summed E-state index contributed by atoms with van der Waals surface area (Å²) in [6.07, 6.45) is 0. The standard InChI is InChI=1S/C18H13BrFNO4/c1-9-11-6-10(20)2-3-14(11)25-17(9)18(22)21-13-8-16-15(7-12(13)19)23-4-5-24-16/h2-3,6-8H,4-5H2,1H3,(H,21,22). The lowest BCUT2D eigenvalue weighted by atomic mass is 10.1. The molecular weight excluding hydrogens is 393 g/mol. The molecule has 1 aliphatic rings. The van der Waals surface area contributed by atoms with Gasteiger partial charge in [-0.1, -0.05) is 0 Å². The van der Waals surface area contributed by atoms with E-state index in [1.54, 1.807) is 19.1 Å². The molecule has 2 heterocycles. The van der Waals surface area contributed by atoms with E-state index in [1.165, 1.54) is 18.2 Å². The van der Waals surface area contributed by atoms with Crippen molar-refractivity contribution in [3.8, 4) is 11.5 Å². The monoisotopic (exact) mass is 405 g/mol. The van der Waals surface area contributed by atoms with Crippen molar-refractivity contribution in [2.45, 2.75) is 6.92 Å². The van der Waals surface area contributed by atoms with Crippen LogP contribution in [0.25, 0.3) is 11.0 Å². The number of carbonyl (C=O) groups is 1. The Morgan fingerprint density at radius 1 is 1.16 bits per heavy atom. The summed E-state index contributed by atoms with van der Waals surface area (Å²) in [6, 6.07) is 7.59. The van der Waals surface area contributed by atoms with Crippen LogP contribution >= 0.6 is 15.9 Å². The summed E-state index contributed by atoms with van der Waals surface area (Å²) in [5, 5.41) is 3.36. The predicted molar refractivity (Wildman–Crippen MR) is 94.0 cm³/mol. The van der Waals surface area contributed by atoms with Gasteiger partial charge in [-0.15, -0.1) is 0 Å². The normalized spacial score (nSPS) is 13.1. The van der Waals surface area contributed by atoms with Crippen LogP contribution < -0.4 is 14.8 Å². The van der Waals surface area contributed by atoms with E-state index in [4.69, 9.17) is 13.9 Å². The number of nitrogens with one attached hydrogen (secondary N) is 1. The van der Waals surface area contributed by atoms with Gasteiger partial charge in [0.2, 0.25) is 0 Å². The molecule has 7 heteroatoms. The first-order valence-electron chi connectivity index (χ1n) is 7.62. The number of fused-ring (bicyclic) bond motifs is 2. The van der Waals surface area contributed by atoms with Gasteiger partial charge in [0.15, 0.2) is 17.3 Å². The van der Waals surface area contributed by atoms with Crippen LogP contribution in [0.15, 0.2) is 39.2 Å². The van der Waals surface area contributed by atoms with Crippen LogP contribution in [0.2, 0.25) is 0 Å². The van der Waals surface area contributed by atoms with Gasteiger partial charge in [-0.05, 0) is 41.1 Å². The molecule has 0 aliphatic carbocycles. The average Bonchev–Trinajstić information content (AvgIpc) is 2.92. The molecule has 1 N–H and O–H groups in total. The molecule has 0 spiro atoms. The van der Waals surface area contributed by atoms with E-state index in [2.05, 4.69) is 21.2 Å². The fourth-order valence-electron chi connectivity index (χ4n) is 2.75. The van der Waals surface area contributed by atoms with Gasteiger partial charge in [0, 0.05) is 27.6 Å². The molecule has 0 bridgehead atoms. The maximum atomic E-state index is 13.4. The van der Waals surface area contributed by atoms with Crippen molar-refractivity contribution in [2.24, 2.45) is 0 Å². The van der Waals surface area contributed by atoms with Gasteiger partial charge in [-0.25, -0.2) is 4.39 Å². The van der Waals surface area contributed by atoms with Crippen LogP contribution in [0.5, 0.6) is 11.5 Å². The molecule has 5 nitrogen and oxygen atoms in total. The number of ether oxygens (including phenoxy) is 2. The number of hydrogen-bond acceptors (Lipinski definition) is 4. The number of aryl methyl sites for hydroxylation is 1. The highest BCUT2D eigenvalue weighted by Gasteiger charge is 2.21. The lowest BCUT2D eigenvalue weighted by Crippen LogP contribution is -2.17. The van der Waals surface area contributed by atoms with Crippen molar-refractivity contribution in [3.05, 3.63) is 51.9 Å². The van der Waals surface area contributed by atoms with Gasteiger partial charge >= 0.3 is 0 Å². The lowest BCUT2D eigenvalue weighted by Gasteiger charge is -2.20. The molecule has 0 saturated heterocycles. The zero-order chi connectivity index (χ0) is 17.6. The molecule has 0 unspecified atom stereocenters. The third kappa shape index (κ3) is 2.84. The zero-order valence-electron chi connectivity index (χ0n) is 13.2. The Bertz CT molecular complexity index is 998. The molecule has 0 radical (unpaired) electrons. The smallest absolute Gasteiger partial charge is 0.291 e. The molecule has 1 aliphatic heterocycles. The Kier molecular flexibility index (Phi) is 3.88. The number of furan rings is 1. The first kappa shape index (κ1) is 16.0. The van der Waals surface area contributed by atoms with E-state index in [-0.39, 0.29) is 11.6 Å². The summed E-state index contributed by atoms with van der Waals surface area (Å²) in [5.41, 5.74) is 1.58. The Morgan fingerprint density at radius 2 is 1.88 bits per heavy atom. The second kappa shape index (κ2) is 6.07. The van der Waals surface area contributed by atoms with E-state index in [1.807, 2.05) is 0 Å². The Hall–Kier alpha value is -2.54. The summed E-state index contributed by atoms with van der Waals surface area (Å²) in [7, 11) is 0. The third-order valence-electron chi connectivity index (χ3n) is 3.98. The van der Waals surface area contributed by atoms with E-state index < -0.39 is 5.91 Å². The number of hydrogen-bond donors (Lipinski definition) is 1. The number of halogens is 2. The molecule has 0 saturated carbocycles. The maximum absolute atomic E-state index is 13.4. The summed E-state index contributed by atoms with van der Waals surface area (Å²) >= 11 is 3.41. The molecule has 0 fully saturated rings. The summed E-state index contributed by atoms with van der Waals surface area (Å²) in [4.78, 5) is 12.6. The molecule has 4 rings (SSSR count).